The number of benzene rings is 2. The van der Waals surface area contributed by atoms with E-state index in [4.69, 9.17) is 10.5 Å². The van der Waals surface area contributed by atoms with Gasteiger partial charge in [-0.25, -0.2) is 4.79 Å². The predicted molar refractivity (Wildman–Crippen MR) is 154 cm³/mol. The Morgan fingerprint density at radius 1 is 1.05 bits per heavy atom. The second-order valence-electron chi connectivity index (χ2n) is 9.44. The van der Waals surface area contributed by atoms with Crippen LogP contribution in [0.5, 0.6) is 5.75 Å². The fraction of sp³-hybridized carbons (Fsp3) is 0.483. The van der Waals surface area contributed by atoms with E-state index in [1.54, 1.807) is 0 Å². The van der Waals surface area contributed by atoms with Crippen LogP contribution in [0.3, 0.4) is 0 Å². The summed E-state index contributed by atoms with van der Waals surface area (Å²) in [6.45, 7) is 6.32. The molecule has 0 saturated carbocycles. The van der Waals surface area contributed by atoms with E-state index in [2.05, 4.69) is 46.8 Å². The highest BCUT2D eigenvalue weighted by Gasteiger charge is 2.17. The summed E-state index contributed by atoms with van der Waals surface area (Å²) < 4.78 is 5.85. The molecule has 208 valence electrons. The first kappa shape index (κ1) is 30.6. The second-order valence-corrected chi connectivity index (χ2v) is 9.44. The van der Waals surface area contributed by atoms with E-state index in [-0.39, 0.29) is 18.0 Å². The summed E-state index contributed by atoms with van der Waals surface area (Å²) in [7, 11) is 2.03. The van der Waals surface area contributed by atoms with Crippen molar-refractivity contribution in [3.8, 4) is 5.75 Å². The number of carbonyl (C=O) groups excluding carboxylic acids is 3. The van der Waals surface area contributed by atoms with Crippen LogP contribution in [0.1, 0.15) is 58.8 Å². The van der Waals surface area contributed by atoms with Gasteiger partial charge >= 0.3 is 6.03 Å². The SMILES string of the molecule is CCCC(C)Oc1ccc(NC(=O)Nc2ccc(N3CCC(NC)CC3)cc2)cc1.NC(=O)CCCC=O. The lowest BCUT2D eigenvalue weighted by Gasteiger charge is -2.33. The Labute approximate surface area is 226 Å². The molecule has 0 bridgehead atoms. The number of piperidine rings is 1. The topological polar surface area (TPSA) is 126 Å². The molecule has 3 amide bonds. The van der Waals surface area contributed by atoms with Crippen molar-refractivity contribution in [2.24, 2.45) is 5.73 Å². The van der Waals surface area contributed by atoms with E-state index in [9.17, 15) is 14.4 Å². The van der Waals surface area contributed by atoms with Crippen molar-refractivity contribution in [2.45, 2.75) is 70.9 Å². The molecule has 1 atom stereocenters. The van der Waals surface area contributed by atoms with Gasteiger partial charge < -0.3 is 36.1 Å². The number of primary amides is 1. The third kappa shape index (κ3) is 11.6. The predicted octanol–water partition coefficient (Wildman–Crippen LogP) is 4.93. The monoisotopic (exact) mass is 525 g/mol. The number of hydrogen-bond donors (Lipinski definition) is 4. The molecule has 3 rings (SSSR count). The number of urea groups is 1. The average Bonchev–Trinajstić information content (AvgIpc) is 2.91. The fourth-order valence-electron chi connectivity index (χ4n) is 4.15. The number of rotatable bonds is 12. The van der Waals surface area contributed by atoms with Gasteiger partial charge in [-0.05, 0) is 88.2 Å². The number of nitrogens with two attached hydrogens (primary N) is 1. The smallest absolute Gasteiger partial charge is 0.323 e. The van der Waals surface area contributed by atoms with Crippen molar-refractivity contribution in [1.29, 1.82) is 0 Å². The zero-order valence-electron chi connectivity index (χ0n) is 22.9. The summed E-state index contributed by atoms with van der Waals surface area (Å²) in [6, 6.07) is 15.9. The van der Waals surface area contributed by atoms with Crippen LogP contribution >= 0.6 is 0 Å². The van der Waals surface area contributed by atoms with Gasteiger partial charge in [-0.15, -0.1) is 0 Å². The van der Waals surface area contributed by atoms with Crippen LogP contribution in [0, 0.1) is 0 Å². The van der Waals surface area contributed by atoms with E-state index in [1.165, 1.54) is 5.69 Å². The average molecular weight is 526 g/mol. The molecule has 0 aromatic heterocycles. The Morgan fingerprint density at radius 3 is 2.13 bits per heavy atom. The van der Waals surface area contributed by atoms with Gasteiger partial charge in [0.05, 0.1) is 6.10 Å². The van der Waals surface area contributed by atoms with Crippen molar-refractivity contribution < 1.29 is 19.1 Å². The highest BCUT2D eigenvalue weighted by molar-refractivity contribution is 5.99. The first-order chi connectivity index (χ1) is 18.3. The maximum absolute atomic E-state index is 12.3. The Hall–Kier alpha value is -3.59. The number of hydrogen-bond acceptors (Lipinski definition) is 6. The molecule has 1 heterocycles. The number of carbonyl (C=O) groups is 3. The third-order valence-corrected chi connectivity index (χ3v) is 6.28. The molecule has 1 unspecified atom stereocenters. The molecule has 38 heavy (non-hydrogen) atoms. The van der Waals surface area contributed by atoms with E-state index >= 15 is 0 Å². The first-order valence-electron chi connectivity index (χ1n) is 13.4. The van der Waals surface area contributed by atoms with Crippen LogP contribution in [-0.2, 0) is 9.59 Å². The lowest BCUT2D eigenvalue weighted by atomic mass is 10.0. The zero-order chi connectivity index (χ0) is 27.8. The molecule has 2 aromatic rings. The fourth-order valence-corrected chi connectivity index (χ4v) is 4.15. The van der Waals surface area contributed by atoms with Gasteiger partial charge in [0.15, 0.2) is 0 Å². The molecule has 9 nitrogen and oxygen atoms in total. The molecule has 1 saturated heterocycles. The van der Waals surface area contributed by atoms with Crippen LogP contribution in [0.2, 0.25) is 0 Å². The largest absolute Gasteiger partial charge is 0.491 e. The third-order valence-electron chi connectivity index (χ3n) is 6.28. The summed E-state index contributed by atoms with van der Waals surface area (Å²) in [4.78, 5) is 34.3. The van der Waals surface area contributed by atoms with Crippen molar-refractivity contribution in [3.05, 3.63) is 48.5 Å². The number of ether oxygens (including phenoxy) is 1. The van der Waals surface area contributed by atoms with Crippen LogP contribution in [0.4, 0.5) is 21.9 Å². The van der Waals surface area contributed by atoms with Gasteiger partial charge in [0.1, 0.15) is 12.0 Å². The summed E-state index contributed by atoms with van der Waals surface area (Å²) in [6.07, 6.45) is 6.73. The molecule has 2 aromatic carbocycles. The molecule has 5 N–H and O–H groups in total. The van der Waals surface area contributed by atoms with Crippen molar-refractivity contribution in [1.82, 2.24) is 5.32 Å². The number of anilines is 3. The molecule has 1 fully saturated rings. The number of nitrogens with one attached hydrogen (secondary N) is 3. The second kappa shape index (κ2) is 17.0. The van der Waals surface area contributed by atoms with E-state index in [0.29, 0.717) is 25.3 Å². The van der Waals surface area contributed by atoms with Crippen LogP contribution in [0.15, 0.2) is 48.5 Å². The molecule has 1 aliphatic rings. The number of aldehydes is 1. The number of nitrogens with zero attached hydrogens (tertiary/aromatic N) is 1. The zero-order valence-corrected chi connectivity index (χ0v) is 22.9. The maximum Gasteiger partial charge on any atom is 0.323 e. The molecule has 9 heteroatoms. The van der Waals surface area contributed by atoms with Crippen LogP contribution in [0.25, 0.3) is 0 Å². The van der Waals surface area contributed by atoms with Gasteiger partial charge in [-0.1, -0.05) is 13.3 Å². The van der Waals surface area contributed by atoms with Crippen molar-refractivity contribution in [3.63, 3.8) is 0 Å². The lowest BCUT2D eigenvalue weighted by Crippen LogP contribution is -2.41. The van der Waals surface area contributed by atoms with Gasteiger partial charge in [0, 0.05) is 49.0 Å². The van der Waals surface area contributed by atoms with Crippen LogP contribution < -0.4 is 31.3 Å². The molecular formula is C29H43N5O4. The van der Waals surface area contributed by atoms with Crippen LogP contribution in [-0.4, -0.2) is 50.5 Å². The van der Waals surface area contributed by atoms with Gasteiger partial charge in [0.25, 0.3) is 0 Å². The lowest BCUT2D eigenvalue weighted by molar-refractivity contribution is -0.118. The molecule has 0 radical (unpaired) electrons. The minimum absolute atomic E-state index is 0.190. The summed E-state index contributed by atoms with van der Waals surface area (Å²) in [5.74, 6) is 0.475. The summed E-state index contributed by atoms with van der Waals surface area (Å²) in [5, 5.41) is 9.11. The van der Waals surface area contributed by atoms with Gasteiger partial charge in [0.2, 0.25) is 5.91 Å². The highest BCUT2D eigenvalue weighted by atomic mass is 16.5. The molecule has 1 aliphatic heterocycles. The number of amides is 3. The minimum atomic E-state index is -0.341. The Balaban J connectivity index is 0.000000550. The quantitative estimate of drug-likeness (QED) is 0.230. The van der Waals surface area contributed by atoms with Crippen molar-refractivity contribution >= 4 is 35.3 Å². The summed E-state index contributed by atoms with van der Waals surface area (Å²) in [5.41, 5.74) is 7.48. The normalized spacial score (nSPS) is 14.0. The van der Waals surface area contributed by atoms with Crippen molar-refractivity contribution in [2.75, 3.05) is 35.7 Å². The Bertz CT molecular complexity index is 973. The van der Waals surface area contributed by atoms with E-state index < -0.39 is 0 Å². The minimum Gasteiger partial charge on any atom is -0.491 e. The van der Waals surface area contributed by atoms with Gasteiger partial charge in [-0.3, -0.25) is 4.79 Å². The van der Waals surface area contributed by atoms with Gasteiger partial charge in [-0.2, -0.15) is 0 Å². The number of unbranched alkanes of at least 4 members (excludes halogenated alkanes) is 1. The Morgan fingerprint density at radius 2 is 1.63 bits per heavy atom. The standard InChI is InChI=1S/C24H34N4O2.C5H9NO2/c1-4-5-18(2)30-23-12-8-21(9-13-23)27-24(29)26-20-6-10-22(11-7-20)28-16-14-19(25-3)15-17-28;6-5(8)3-1-2-4-7/h6-13,18-19,25H,4-5,14-17H2,1-3H3,(H2,26,27,29);4H,1-3H2,(H2,6,8). The highest BCUT2D eigenvalue weighted by Crippen LogP contribution is 2.23. The molecule has 0 spiro atoms. The summed E-state index contributed by atoms with van der Waals surface area (Å²) >= 11 is 0. The first-order valence-corrected chi connectivity index (χ1v) is 13.4. The maximum atomic E-state index is 12.3. The van der Waals surface area contributed by atoms with E-state index in [0.717, 1.165) is 62.2 Å². The molecular weight excluding hydrogens is 482 g/mol. The van der Waals surface area contributed by atoms with E-state index in [1.807, 2.05) is 43.4 Å². The Kier molecular flexibility index (Phi) is 13.7. The molecule has 0 aliphatic carbocycles.